The average Bonchev–Trinajstić information content (AvgIpc) is 3.06. The number of hydrogen-bond acceptors (Lipinski definition) is 4. The standard InChI is InChI=1S/C14H21N3O3S/c1-11(2)17-9-14(6-13(17)7-15)21(18,19)16(3)8-12-4-5-20-10-12/h4-6,9-11H,7-8,15H2,1-3H3. The molecule has 7 heteroatoms. The van der Waals surface area contributed by atoms with E-state index < -0.39 is 10.0 Å². The van der Waals surface area contributed by atoms with Gasteiger partial charge in [-0.3, -0.25) is 0 Å². The van der Waals surface area contributed by atoms with Gasteiger partial charge >= 0.3 is 0 Å². The Balaban J connectivity index is 2.30. The van der Waals surface area contributed by atoms with Crippen molar-refractivity contribution in [1.29, 1.82) is 0 Å². The van der Waals surface area contributed by atoms with Crippen LogP contribution in [0.25, 0.3) is 0 Å². The molecule has 116 valence electrons. The summed E-state index contributed by atoms with van der Waals surface area (Å²) in [6.07, 6.45) is 4.71. The van der Waals surface area contributed by atoms with E-state index >= 15 is 0 Å². The van der Waals surface area contributed by atoms with Crippen molar-refractivity contribution >= 4 is 10.0 Å². The number of furan rings is 1. The van der Waals surface area contributed by atoms with Gasteiger partial charge in [0.1, 0.15) is 4.90 Å². The van der Waals surface area contributed by atoms with Gasteiger partial charge in [-0.15, -0.1) is 0 Å². The first-order chi connectivity index (χ1) is 9.86. The predicted molar refractivity (Wildman–Crippen MR) is 80.1 cm³/mol. The predicted octanol–water partition coefficient (Wildman–Crippen LogP) is 1.94. The summed E-state index contributed by atoms with van der Waals surface area (Å²) in [7, 11) is -1.99. The quantitative estimate of drug-likeness (QED) is 0.884. The highest BCUT2D eigenvalue weighted by atomic mass is 32.2. The van der Waals surface area contributed by atoms with Crippen LogP contribution in [0.5, 0.6) is 0 Å². The third-order valence-electron chi connectivity index (χ3n) is 3.37. The topological polar surface area (TPSA) is 81.5 Å². The zero-order valence-electron chi connectivity index (χ0n) is 12.5. The Hall–Kier alpha value is -1.57. The van der Waals surface area contributed by atoms with Crippen LogP contribution in [0.15, 0.2) is 40.2 Å². The molecule has 0 fully saturated rings. The summed E-state index contributed by atoms with van der Waals surface area (Å²) in [5, 5.41) is 0. The van der Waals surface area contributed by atoms with Gasteiger partial charge in [0, 0.05) is 43.6 Å². The normalized spacial score (nSPS) is 12.5. The Morgan fingerprint density at radius 2 is 2.14 bits per heavy atom. The molecular weight excluding hydrogens is 290 g/mol. The molecular formula is C14H21N3O3S. The van der Waals surface area contributed by atoms with Crippen LogP contribution in [0.3, 0.4) is 0 Å². The highest BCUT2D eigenvalue weighted by Crippen LogP contribution is 2.22. The number of aromatic nitrogens is 1. The smallest absolute Gasteiger partial charge is 0.244 e. The number of hydrogen-bond donors (Lipinski definition) is 1. The number of nitrogens with two attached hydrogens (primary N) is 1. The second-order valence-corrected chi connectivity index (χ2v) is 7.31. The van der Waals surface area contributed by atoms with Crippen molar-refractivity contribution in [2.75, 3.05) is 7.05 Å². The lowest BCUT2D eigenvalue weighted by Crippen LogP contribution is -2.26. The molecule has 0 aliphatic carbocycles. The van der Waals surface area contributed by atoms with E-state index in [4.69, 9.17) is 10.2 Å². The first kappa shape index (κ1) is 15.8. The van der Waals surface area contributed by atoms with Gasteiger partial charge in [-0.25, -0.2) is 8.42 Å². The van der Waals surface area contributed by atoms with E-state index in [1.54, 1.807) is 25.4 Å². The summed E-state index contributed by atoms with van der Waals surface area (Å²) in [4.78, 5) is 0.266. The lowest BCUT2D eigenvalue weighted by Gasteiger charge is -2.15. The molecule has 2 aromatic heterocycles. The molecule has 0 saturated heterocycles. The van der Waals surface area contributed by atoms with Gasteiger partial charge in [0.25, 0.3) is 0 Å². The number of sulfonamides is 1. The fourth-order valence-corrected chi connectivity index (χ4v) is 3.40. The summed E-state index contributed by atoms with van der Waals surface area (Å²) in [5.74, 6) is 0. The third kappa shape index (κ3) is 3.20. The van der Waals surface area contributed by atoms with Crippen molar-refractivity contribution in [3.8, 4) is 0 Å². The van der Waals surface area contributed by atoms with Crippen LogP contribution < -0.4 is 5.73 Å². The van der Waals surface area contributed by atoms with Crippen molar-refractivity contribution in [3.05, 3.63) is 42.1 Å². The maximum atomic E-state index is 12.6. The highest BCUT2D eigenvalue weighted by molar-refractivity contribution is 7.89. The SMILES string of the molecule is CC(C)n1cc(S(=O)(=O)N(C)Cc2ccoc2)cc1CN. The largest absolute Gasteiger partial charge is 0.472 e. The van der Waals surface area contributed by atoms with Crippen molar-refractivity contribution in [3.63, 3.8) is 0 Å². The molecule has 2 N–H and O–H groups in total. The Morgan fingerprint density at radius 1 is 1.43 bits per heavy atom. The van der Waals surface area contributed by atoms with Crippen molar-refractivity contribution in [1.82, 2.24) is 8.87 Å². The second kappa shape index (κ2) is 6.05. The van der Waals surface area contributed by atoms with Gasteiger partial charge in [-0.1, -0.05) is 0 Å². The molecule has 21 heavy (non-hydrogen) atoms. The molecule has 0 aliphatic rings. The second-order valence-electron chi connectivity index (χ2n) is 5.26. The molecule has 0 aromatic carbocycles. The minimum atomic E-state index is -3.55. The first-order valence-corrected chi connectivity index (χ1v) is 8.18. The van der Waals surface area contributed by atoms with Gasteiger partial charge in [-0.05, 0) is 26.0 Å². The minimum Gasteiger partial charge on any atom is -0.472 e. The molecule has 2 heterocycles. The third-order valence-corrected chi connectivity index (χ3v) is 5.13. The van der Waals surface area contributed by atoms with Crippen molar-refractivity contribution < 1.29 is 12.8 Å². The lowest BCUT2D eigenvalue weighted by molar-refractivity contribution is 0.463. The van der Waals surface area contributed by atoms with Crippen LogP contribution in [0, 0.1) is 0 Å². The van der Waals surface area contributed by atoms with Crippen LogP contribution in [-0.4, -0.2) is 24.3 Å². The maximum absolute atomic E-state index is 12.6. The molecule has 0 unspecified atom stereocenters. The summed E-state index contributed by atoms with van der Waals surface area (Å²) in [6.45, 7) is 4.55. The zero-order chi connectivity index (χ0) is 15.6. The monoisotopic (exact) mass is 311 g/mol. The average molecular weight is 311 g/mol. The van der Waals surface area contributed by atoms with Crippen LogP contribution in [0.4, 0.5) is 0 Å². The Bertz CT molecular complexity index is 687. The zero-order valence-corrected chi connectivity index (χ0v) is 13.3. The Morgan fingerprint density at radius 3 is 2.62 bits per heavy atom. The molecule has 0 radical (unpaired) electrons. The van der Waals surface area contributed by atoms with Gasteiger partial charge in [0.05, 0.1) is 12.5 Å². The molecule has 2 aromatic rings. The molecule has 0 saturated carbocycles. The van der Waals surface area contributed by atoms with Crippen LogP contribution in [-0.2, 0) is 23.1 Å². The Kier molecular flexibility index (Phi) is 4.55. The van der Waals surface area contributed by atoms with E-state index in [0.717, 1.165) is 11.3 Å². The summed E-state index contributed by atoms with van der Waals surface area (Å²) >= 11 is 0. The fourth-order valence-electron chi connectivity index (χ4n) is 2.19. The van der Waals surface area contributed by atoms with Crippen LogP contribution >= 0.6 is 0 Å². The molecule has 2 rings (SSSR count). The Labute approximate surface area is 125 Å². The van der Waals surface area contributed by atoms with E-state index in [1.807, 2.05) is 18.4 Å². The van der Waals surface area contributed by atoms with Crippen molar-refractivity contribution in [2.45, 2.75) is 37.9 Å². The maximum Gasteiger partial charge on any atom is 0.244 e. The number of nitrogens with zero attached hydrogens (tertiary/aromatic N) is 2. The van der Waals surface area contributed by atoms with E-state index in [0.29, 0.717) is 6.54 Å². The van der Waals surface area contributed by atoms with E-state index in [2.05, 4.69) is 0 Å². The first-order valence-electron chi connectivity index (χ1n) is 6.74. The minimum absolute atomic E-state index is 0.159. The van der Waals surface area contributed by atoms with E-state index in [-0.39, 0.29) is 17.5 Å². The van der Waals surface area contributed by atoms with Crippen LogP contribution in [0.1, 0.15) is 31.1 Å². The van der Waals surface area contributed by atoms with Gasteiger partial charge < -0.3 is 14.7 Å². The summed E-state index contributed by atoms with van der Waals surface area (Å²) in [5.41, 5.74) is 7.30. The molecule has 0 atom stereocenters. The van der Waals surface area contributed by atoms with Gasteiger partial charge in [-0.2, -0.15) is 4.31 Å². The molecule has 6 nitrogen and oxygen atoms in total. The molecule has 0 amide bonds. The number of rotatable bonds is 6. The lowest BCUT2D eigenvalue weighted by atomic mass is 10.3. The summed E-state index contributed by atoms with van der Waals surface area (Å²) in [6, 6.07) is 3.55. The molecule has 0 aliphatic heterocycles. The summed E-state index contributed by atoms with van der Waals surface area (Å²) < 4.78 is 33.4. The molecule has 0 bridgehead atoms. The fraction of sp³-hybridized carbons (Fsp3) is 0.429. The van der Waals surface area contributed by atoms with E-state index in [9.17, 15) is 8.42 Å². The van der Waals surface area contributed by atoms with Crippen LogP contribution in [0.2, 0.25) is 0 Å². The van der Waals surface area contributed by atoms with Gasteiger partial charge in [0.15, 0.2) is 0 Å². The molecule has 0 spiro atoms. The highest BCUT2D eigenvalue weighted by Gasteiger charge is 2.24. The van der Waals surface area contributed by atoms with E-state index in [1.165, 1.54) is 16.8 Å². The van der Waals surface area contributed by atoms with Crippen molar-refractivity contribution in [2.24, 2.45) is 5.73 Å². The van der Waals surface area contributed by atoms with Gasteiger partial charge in [0.2, 0.25) is 10.0 Å².